The summed E-state index contributed by atoms with van der Waals surface area (Å²) in [6, 6.07) is 7.93. The Balaban J connectivity index is 1.89. The highest BCUT2D eigenvalue weighted by atomic mass is 32.2. The quantitative estimate of drug-likeness (QED) is 0.659. The van der Waals surface area contributed by atoms with Crippen LogP contribution >= 0.6 is 11.3 Å². The summed E-state index contributed by atoms with van der Waals surface area (Å²) in [6.45, 7) is 3.35. The molecule has 1 fully saturated rings. The number of nitrogens with zero attached hydrogens (tertiary/aromatic N) is 1. The highest BCUT2D eigenvalue weighted by Crippen LogP contribution is 2.29. The van der Waals surface area contributed by atoms with Gasteiger partial charge < -0.3 is 10.1 Å². The number of nitrogens with two attached hydrogens (primary N) is 1. The smallest absolute Gasteiger partial charge is 0.238 e. The molecule has 0 amide bonds. The molecule has 1 atom stereocenters. The average Bonchev–Trinajstić information content (AvgIpc) is 3.15. The molecule has 0 bridgehead atoms. The van der Waals surface area contributed by atoms with Crippen molar-refractivity contribution in [1.29, 1.82) is 0 Å². The van der Waals surface area contributed by atoms with Crippen molar-refractivity contribution in [3.05, 3.63) is 40.6 Å². The van der Waals surface area contributed by atoms with Gasteiger partial charge in [0.1, 0.15) is 0 Å². The fourth-order valence-electron chi connectivity index (χ4n) is 3.12. The molecule has 1 unspecified atom stereocenters. The molecule has 3 rings (SSSR count). The number of sulfone groups is 1. The summed E-state index contributed by atoms with van der Waals surface area (Å²) in [5.74, 6) is 0. The van der Waals surface area contributed by atoms with Crippen molar-refractivity contribution in [1.82, 2.24) is 4.90 Å². The van der Waals surface area contributed by atoms with E-state index in [4.69, 9.17) is 9.88 Å². The van der Waals surface area contributed by atoms with Gasteiger partial charge in [-0.15, -0.1) is 11.3 Å². The molecule has 1 aliphatic heterocycles. The molecule has 28 heavy (non-hydrogen) atoms. The zero-order valence-electron chi connectivity index (χ0n) is 15.4. The first-order valence-electron chi connectivity index (χ1n) is 8.62. The van der Waals surface area contributed by atoms with Crippen LogP contribution in [-0.2, 0) is 24.6 Å². The van der Waals surface area contributed by atoms with Crippen molar-refractivity contribution in [3.63, 3.8) is 0 Å². The second-order valence-corrected chi connectivity index (χ2v) is 11.1. The number of sulfonamides is 1. The zero-order chi connectivity index (χ0) is 20.4. The summed E-state index contributed by atoms with van der Waals surface area (Å²) in [5, 5.41) is 10.3. The Bertz CT molecular complexity index is 1010. The summed E-state index contributed by atoms with van der Waals surface area (Å²) in [5.41, 5.74) is 0.352. The van der Waals surface area contributed by atoms with Gasteiger partial charge in [0, 0.05) is 30.8 Å². The van der Waals surface area contributed by atoms with E-state index in [0.717, 1.165) is 30.3 Å². The molecule has 11 heteroatoms. The van der Waals surface area contributed by atoms with Crippen molar-refractivity contribution < 1.29 is 21.6 Å². The summed E-state index contributed by atoms with van der Waals surface area (Å²) >= 11 is 1.64. The number of hydrogen-bond donors (Lipinski definition) is 2. The minimum absolute atomic E-state index is 0.0502. The number of anilines is 1. The molecule has 8 nitrogen and oxygen atoms in total. The summed E-state index contributed by atoms with van der Waals surface area (Å²) in [6.07, 6.45) is 1.04. The number of rotatable bonds is 7. The normalized spacial score (nSPS) is 17.4. The fraction of sp³-hybridized carbons (Fsp3) is 0.412. The van der Waals surface area contributed by atoms with Gasteiger partial charge in [0.05, 0.1) is 34.7 Å². The van der Waals surface area contributed by atoms with Crippen LogP contribution in [0.25, 0.3) is 0 Å². The Morgan fingerprint density at radius 3 is 2.50 bits per heavy atom. The highest BCUT2D eigenvalue weighted by Gasteiger charge is 2.25. The van der Waals surface area contributed by atoms with Crippen LogP contribution in [0.4, 0.5) is 5.69 Å². The van der Waals surface area contributed by atoms with Gasteiger partial charge in [-0.2, -0.15) is 0 Å². The van der Waals surface area contributed by atoms with E-state index >= 15 is 0 Å². The molecule has 1 aromatic carbocycles. The van der Waals surface area contributed by atoms with E-state index < -0.39 is 19.9 Å². The minimum atomic E-state index is -4.00. The van der Waals surface area contributed by atoms with Crippen molar-refractivity contribution in [2.75, 3.05) is 44.4 Å². The van der Waals surface area contributed by atoms with E-state index in [0.29, 0.717) is 25.4 Å². The van der Waals surface area contributed by atoms with Crippen LogP contribution in [0.5, 0.6) is 0 Å². The number of ether oxygens (including phenoxy) is 1. The number of nitrogens with one attached hydrogen (secondary N) is 1. The Morgan fingerprint density at radius 1 is 1.21 bits per heavy atom. The van der Waals surface area contributed by atoms with Gasteiger partial charge in [-0.3, -0.25) is 4.90 Å². The lowest BCUT2D eigenvalue weighted by atomic mass is 10.1. The van der Waals surface area contributed by atoms with E-state index in [9.17, 15) is 16.8 Å². The SMILES string of the molecule is CS(=O)(=O)c1cc(S(N)(=O)=O)ccc1NCC(c1cccs1)N1CCOCC1. The lowest BCUT2D eigenvalue weighted by Gasteiger charge is -2.34. The number of primary sulfonamides is 1. The maximum Gasteiger partial charge on any atom is 0.238 e. The van der Waals surface area contributed by atoms with Gasteiger partial charge in [-0.1, -0.05) is 6.07 Å². The second kappa shape index (κ2) is 8.47. The van der Waals surface area contributed by atoms with Gasteiger partial charge in [-0.25, -0.2) is 22.0 Å². The van der Waals surface area contributed by atoms with Crippen molar-refractivity contribution >= 4 is 36.9 Å². The van der Waals surface area contributed by atoms with Crippen LogP contribution in [-0.4, -0.2) is 60.8 Å². The van der Waals surface area contributed by atoms with Crippen molar-refractivity contribution in [2.24, 2.45) is 5.14 Å². The molecule has 0 saturated carbocycles. The predicted molar refractivity (Wildman–Crippen MR) is 109 cm³/mol. The maximum absolute atomic E-state index is 12.2. The highest BCUT2D eigenvalue weighted by molar-refractivity contribution is 7.91. The molecule has 2 heterocycles. The molecule has 2 aromatic rings. The lowest BCUT2D eigenvalue weighted by molar-refractivity contribution is 0.0194. The van der Waals surface area contributed by atoms with Gasteiger partial charge in [0.25, 0.3) is 0 Å². The average molecular weight is 446 g/mol. The van der Waals surface area contributed by atoms with E-state index in [1.165, 1.54) is 12.1 Å². The van der Waals surface area contributed by atoms with Crippen molar-refractivity contribution in [2.45, 2.75) is 15.8 Å². The summed E-state index contributed by atoms with van der Waals surface area (Å²) in [7, 11) is -7.66. The number of morpholine rings is 1. The first-order valence-corrected chi connectivity index (χ1v) is 12.9. The third-order valence-corrected chi connectivity index (χ3v) is 7.55. The molecular formula is C17H23N3O5S3. The standard InChI is InChI=1S/C17H23N3O5S3/c1-27(21,22)17-11-13(28(18,23)24)4-5-14(17)19-12-15(16-3-2-10-26-16)20-6-8-25-9-7-20/h2-5,10-11,15,19H,6-9,12H2,1H3,(H2,18,23,24). The van der Waals surface area contributed by atoms with Crippen LogP contribution < -0.4 is 10.5 Å². The third kappa shape index (κ3) is 5.10. The van der Waals surface area contributed by atoms with Gasteiger partial charge in [-0.05, 0) is 29.6 Å². The van der Waals surface area contributed by atoms with E-state index in [1.807, 2.05) is 17.5 Å². The van der Waals surface area contributed by atoms with Gasteiger partial charge in [0.2, 0.25) is 10.0 Å². The van der Waals surface area contributed by atoms with Crippen LogP contribution in [0.3, 0.4) is 0 Å². The number of thiophene rings is 1. The fourth-order valence-corrected chi connectivity index (χ4v) is 5.47. The molecule has 0 aliphatic carbocycles. The minimum Gasteiger partial charge on any atom is -0.382 e. The molecular weight excluding hydrogens is 422 g/mol. The molecule has 0 spiro atoms. The van der Waals surface area contributed by atoms with Crippen LogP contribution in [0.2, 0.25) is 0 Å². The number of hydrogen-bond acceptors (Lipinski definition) is 8. The Morgan fingerprint density at radius 2 is 1.93 bits per heavy atom. The zero-order valence-corrected chi connectivity index (χ0v) is 17.8. The van der Waals surface area contributed by atoms with Crippen LogP contribution in [0.15, 0.2) is 45.5 Å². The van der Waals surface area contributed by atoms with Crippen LogP contribution in [0.1, 0.15) is 10.9 Å². The Hall–Kier alpha value is -1.50. The van der Waals surface area contributed by atoms with E-state index in [-0.39, 0.29) is 15.8 Å². The first-order chi connectivity index (χ1) is 13.2. The molecule has 1 aliphatic rings. The monoisotopic (exact) mass is 445 g/mol. The summed E-state index contributed by atoms with van der Waals surface area (Å²) in [4.78, 5) is 3.13. The Labute approximate surface area is 169 Å². The van der Waals surface area contributed by atoms with Gasteiger partial charge >= 0.3 is 0 Å². The molecule has 1 aromatic heterocycles. The number of benzene rings is 1. The maximum atomic E-state index is 12.2. The van der Waals surface area contributed by atoms with E-state index in [1.54, 1.807) is 11.3 Å². The largest absolute Gasteiger partial charge is 0.382 e. The molecule has 1 saturated heterocycles. The lowest BCUT2D eigenvalue weighted by Crippen LogP contribution is -2.41. The Kier molecular flexibility index (Phi) is 6.42. The topological polar surface area (TPSA) is 119 Å². The molecule has 3 N–H and O–H groups in total. The third-order valence-electron chi connectivity index (χ3n) is 4.53. The van der Waals surface area contributed by atoms with E-state index in [2.05, 4.69) is 10.2 Å². The first kappa shape index (κ1) is 21.2. The van der Waals surface area contributed by atoms with Gasteiger partial charge in [0.15, 0.2) is 9.84 Å². The molecule has 154 valence electrons. The van der Waals surface area contributed by atoms with Crippen LogP contribution in [0, 0.1) is 0 Å². The summed E-state index contributed by atoms with van der Waals surface area (Å²) < 4.78 is 53.0. The molecule has 0 radical (unpaired) electrons. The predicted octanol–water partition coefficient (Wildman–Crippen LogP) is 1.28. The van der Waals surface area contributed by atoms with Crippen molar-refractivity contribution in [3.8, 4) is 0 Å². The second-order valence-electron chi connectivity index (χ2n) is 6.54.